The largest absolute Gasteiger partial charge is 0.347 e. The molecular formula is C16H16N4OS. The van der Waals surface area contributed by atoms with Gasteiger partial charge in [0, 0.05) is 35.6 Å². The number of nitrogens with zero attached hydrogens (tertiary/aromatic N) is 3. The molecule has 0 aliphatic rings. The van der Waals surface area contributed by atoms with Crippen LogP contribution in [-0.2, 0) is 13.1 Å². The SMILES string of the molecule is Cc1ncc(CNC(=O)c2cccc(Cn3ccnc3)c2)s1. The van der Waals surface area contributed by atoms with Crippen LogP contribution in [0.2, 0.25) is 0 Å². The Bertz CT molecular complexity index is 764. The zero-order valence-corrected chi connectivity index (χ0v) is 13.0. The van der Waals surface area contributed by atoms with Gasteiger partial charge in [0.1, 0.15) is 0 Å². The summed E-state index contributed by atoms with van der Waals surface area (Å²) in [6.45, 7) is 3.17. The van der Waals surface area contributed by atoms with Crippen LogP contribution in [0.3, 0.4) is 0 Å². The summed E-state index contributed by atoms with van der Waals surface area (Å²) in [6, 6.07) is 7.64. The van der Waals surface area contributed by atoms with E-state index in [0.717, 1.165) is 15.4 Å². The van der Waals surface area contributed by atoms with Crippen molar-refractivity contribution in [3.63, 3.8) is 0 Å². The fourth-order valence-corrected chi connectivity index (χ4v) is 2.89. The molecule has 22 heavy (non-hydrogen) atoms. The van der Waals surface area contributed by atoms with E-state index < -0.39 is 0 Å². The first-order valence-corrected chi connectivity index (χ1v) is 7.76. The van der Waals surface area contributed by atoms with Crippen molar-refractivity contribution in [1.82, 2.24) is 19.9 Å². The van der Waals surface area contributed by atoms with Crippen molar-refractivity contribution < 1.29 is 4.79 Å². The molecule has 3 rings (SSSR count). The minimum atomic E-state index is -0.0708. The number of carbonyl (C=O) groups excluding carboxylic acids is 1. The van der Waals surface area contributed by atoms with Crippen molar-refractivity contribution in [2.75, 3.05) is 0 Å². The van der Waals surface area contributed by atoms with Crippen molar-refractivity contribution in [2.24, 2.45) is 0 Å². The molecule has 1 amide bonds. The van der Waals surface area contributed by atoms with Crippen LogP contribution in [0.15, 0.2) is 49.2 Å². The van der Waals surface area contributed by atoms with Crippen molar-refractivity contribution >= 4 is 17.2 Å². The van der Waals surface area contributed by atoms with Gasteiger partial charge in [-0.05, 0) is 24.6 Å². The Kier molecular flexibility index (Phi) is 4.29. The highest BCUT2D eigenvalue weighted by Crippen LogP contribution is 2.12. The van der Waals surface area contributed by atoms with E-state index in [2.05, 4.69) is 15.3 Å². The summed E-state index contributed by atoms with van der Waals surface area (Å²) in [5, 5.41) is 3.93. The topological polar surface area (TPSA) is 59.8 Å². The Morgan fingerprint density at radius 3 is 3.05 bits per heavy atom. The van der Waals surface area contributed by atoms with Crippen molar-refractivity contribution in [2.45, 2.75) is 20.0 Å². The van der Waals surface area contributed by atoms with E-state index in [4.69, 9.17) is 0 Å². The molecule has 0 unspecified atom stereocenters. The molecule has 2 aromatic heterocycles. The number of rotatable bonds is 5. The zero-order valence-electron chi connectivity index (χ0n) is 12.2. The number of hydrogen-bond donors (Lipinski definition) is 1. The Labute approximate surface area is 132 Å². The van der Waals surface area contributed by atoms with Crippen LogP contribution in [0.25, 0.3) is 0 Å². The predicted molar refractivity (Wildman–Crippen MR) is 85.8 cm³/mol. The molecule has 0 fully saturated rings. The number of benzene rings is 1. The van der Waals surface area contributed by atoms with E-state index in [9.17, 15) is 4.79 Å². The molecule has 6 heteroatoms. The number of amides is 1. The van der Waals surface area contributed by atoms with Crippen molar-refractivity contribution in [1.29, 1.82) is 0 Å². The van der Waals surface area contributed by atoms with E-state index in [0.29, 0.717) is 18.7 Å². The molecule has 5 nitrogen and oxygen atoms in total. The highest BCUT2D eigenvalue weighted by molar-refractivity contribution is 7.11. The predicted octanol–water partition coefficient (Wildman–Crippen LogP) is 2.63. The van der Waals surface area contributed by atoms with Crippen LogP contribution in [0.5, 0.6) is 0 Å². The van der Waals surface area contributed by atoms with Gasteiger partial charge in [-0.2, -0.15) is 0 Å². The zero-order chi connectivity index (χ0) is 15.4. The minimum Gasteiger partial charge on any atom is -0.347 e. The first-order valence-electron chi connectivity index (χ1n) is 6.95. The van der Waals surface area contributed by atoms with E-state index in [1.165, 1.54) is 0 Å². The number of aromatic nitrogens is 3. The van der Waals surface area contributed by atoms with Crippen molar-refractivity contribution in [3.05, 3.63) is 70.2 Å². The van der Waals surface area contributed by atoms with Gasteiger partial charge in [-0.25, -0.2) is 9.97 Å². The lowest BCUT2D eigenvalue weighted by Crippen LogP contribution is -2.22. The Hall–Kier alpha value is -2.47. The molecule has 112 valence electrons. The van der Waals surface area contributed by atoms with Crippen LogP contribution in [0.1, 0.15) is 25.8 Å². The summed E-state index contributed by atoms with van der Waals surface area (Å²) >= 11 is 1.59. The maximum absolute atomic E-state index is 12.2. The van der Waals surface area contributed by atoms with Crippen LogP contribution < -0.4 is 5.32 Å². The van der Waals surface area contributed by atoms with E-state index in [1.807, 2.05) is 42.0 Å². The van der Waals surface area contributed by atoms with Crippen LogP contribution in [0, 0.1) is 6.92 Å². The number of aryl methyl sites for hydroxylation is 1. The molecule has 3 aromatic rings. The number of imidazole rings is 1. The van der Waals surface area contributed by atoms with Crippen molar-refractivity contribution in [3.8, 4) is 0 Å². The highest BCUT2D eigenvalue weighted by Gasteiger charge is 2.07. The highest BCUT2D eigenvalue weighted by atomic mass is 32.1. The fourth-order valence-electron chi connectivity index (χ4n) is 2.16. The standard InChI is InChI=1S/C16H16N4OS/c1-12-18-8-15(22-12)9-19-16(21)14-4-2-3-13(7-14)10-20-6-5-17-11-20/h2-8,11H,9-10H2,1H3,(H,19,21). The van der Waals surface area contributed by atoms with Gasteiger partial charge in [-0.3, -0.25) is 4.79 Å². The monoisotopic (exact) mass is 312 g/mol. The molecule has 1 N–H and O–H groups in total. The van der Waals surface area contributed by atoms with Gasteiger partial charge in [0.25, 0.3) is 5.91 Å². The summed E-state index contributed by atoms with van der Waals surface area (Å²) in [4.78, 5) is 21.5. The lowest BCUT2D eigenvalue weighted by Gasteiger charge is -2.07. The Morgan fingerprint density at radius 2 is 2.32 bits per heavy atom. The van der Waals surface area contributed by atoms with Gasteiger partial charge in [-0.15, -0.1) is 11.3 Å². The first-order chi connectivity index (χ1) is 10.7. The third-order valence-electron chi connectivity index (χ3n) is 3.21. The van der Waals surface area contributed by atoms with E-state index >= 15 is 0 Å². The molecule has 1 aromatic carbocycles. The summed E-state index contributed by atoms with van der Waals surface area (Å²) < 4.78 is 1.97. The summed E-state index contributed by atoms with van der Waals surface area (Å²) in [5.41, 5.74) is 1.73. The van der Waals surface area contributed by atoms with Gasteiger partial charge in [0.2, 0.25) is 0 Å². The molecule has 2 heterocycles. The molecule has 0 saturated heterocycles. The third-order valence-corrected chi connectivity index (χ3v) is 4.12. The molecule has 0 radical (unpaired) electrons. The lowest BCUT2D eigenvalue weighted by molar-refractivity contribution is 0.0951. The lowest BCUT2D eigenvalue weighted by atomic mass is 10.1. The third kappa shape index (κ3) is 3.59. The molecule has 0 aliphatic heterocycles. The number of hydrogen-bond acceptors (Lipinski definition) is 4. The second-order valence-electron chi connectivity index (χ2n) is 4.96. The average molecular weight is 312 g/mol. The minimum absolute atomic E-state index is 0.0708. The summed E-state index contributed by atoms with van der Waals surface area (Å²) in [5.74, 6) is -0.0708. The second kappa shape index (κ2) is 6.53. The van der Waals surface area contributed by atoms with Crippen LogP contribution in [0.4, 0.5) is 0 Å². The number of thiazole rings is 1. The molecule has 0 aliphatic carbocycles. The number of nitrogens with one attached hydrogen (secondary N) is 1. The summed E-state index contributed by atoms with van der Waals surface area (Å²) in [6.07, 6.45) is 7.21. The van der Waals surface area contributed by atoms with Gasteiger partial charge >= 0.3 is 0 Å². The smallest absolute Gasteiger partial charge is 0.251 e. The molecule has 0 spiro atoms. The molecule has 0 bridgehead atoms. The Balaban J connectivity index is 1.64. The van der Waals surface area contributed by atoms with Crippen LogP contribution >= 0.6 is 11.3 Å². The van der Waals surface area contributed by atoms with Gasteiger partial charge in [0.15, 0.2) is 0 Å². The maximum atomic E-state index is 12.2. The number of carbonyl (C=O) groups is 1. The molecule has 0 atom stereocenters. The van der Waals surface area contributed by atoms with E-state index in [1.54, 1.807) is 30.1 Å². The van der Waals surface area contributed by atoms with Gasteiger partial charge < -0.3 is 9.88 Å². The fraction of sp³-hybridized carbons (Fsp3) is 0.188. The van der Waals surface area contributed by atoms with E-state index in [-0.39, 0.29) is 5.91 Å². The second-order valence-corrected chi connectivity index (χ2v) is 6.28. The summed E-state index contributed by atoms with van der Waals surface area (Å²) in [7, 11) is 0. The van der Waals surface area contributed by atoms with Crippen LogP contribution in [-0.4, -0.2) is 20.4 Å². The molecular weight excluding hydrogens is 296 g/mol. The van der Waals surface area contributed by atoms with Gasteiger partial charge in [0.05, 0.1) is 17.9 Å². The Morgan fingerprint density at radius 1 is 1.41 bits per heavy atom. The normalized spacial score (nSPS) is 10.6. The average Bonchev–Trinajstić information content (AvgIpc) is 3.17. The van der Waals surface area contributed by atoms with Gasteiger partial charge in [-0.1, -0.05) is 12.1 Å². The molecule has 0 saturated carbocycles. The maximum Gasteiger partial charge on any atom is 0.251 e. The quantitative estimate of drug-likeness (QED) is 0.788. The first kappa shape index (κ1) is 14.5.